The molecule has 3 aromatic carbocycles. The van der Waals surface area contributed by atoms with Crippen LogP contribution in [-0.4, -0.2) is 10.9 Å². The Morgan fingerprint density at radius 3 is 1.91 bits per heavy atom. The van der Waals surface area contributed by atoms with Gasteiger partial charge in [0.2, 0.25) is 0 Å². The summed E-state index contributed by atoms with van der Waals surface area (Å²) in [5.74, 6) is -0.175. The van der Waals surface area contributed by atoms with Gasteiger partial charge in [-0.1, -0.05) is 66.7 Å². The molecule has 2 aromatic heterocycles. The Labute approximate surface area is 200 Å². The number of nitrogens with zero attached hydrogens (tertiary/aromatic N) is 3. The number of nitrogens with two attached hydrogens (primary N) is 2. The van der Waals surface area contributed by atoms with Gasteiger partial charge in [-0.05, 0) is 29.8 Å². The Balaban J connectivity index is 1.75. The number of aromatic nitrogens is 1. The van der Waals surface area contributed by atoms with Crippen LogP contribution in [0.2, 0.25) is 0 Å². The van der Waals surface area contributed by atoms with Crippen LogP contribution in [0.3, 0.4) is 0 Å². The normalized spacial score (nSPS) is 10.7. The summed E-state index contributed by atoms with van der Waals surface area (Å²) in [5.41, 5.74) is 16.1. The molecule has 34 heavy (non-hydrogen) atoms. The van der Waals surface area contributed by atoms with Gasteiger partial charge in [0.1, 0.15) is 27.2 Å². The molecule has 0 saturated carbocycles. The van der Waals surface area contributed by atoms with Crippen molar-refractivity contribution in [2.24, 2.45) is 0 Å². The average molecular weight is 462 g/mol. The van der Waals surface area contributed by atoms with E-state index in [1.165, 1.54) is 11.3 Å². The molecule has 0 radical (unpaired) electrons. The molecule has 0 spiro atoms. The molecule has 0 aliphatic heterocycles. The van der Waals surface area contributed by atoms with Crippen LogP contribution in [0.1, 0.15) is 15.2 Å². The van der Waals surface area contributed by atoms with E-state index in [1.807, 2.05) is 91.0 Å². The highest BCUT2D eigenvalue weighted by atomic mass is 32.1. The predicted octanol–water partition coefficient (Wildman–Crippen LogP) is 5.98. The lowest BCUT2D eigenvalue weighted by molar-refractivity contribution is 0.100. The summed E-state index contributed by atoms with van der Waals surface area (Å²) in [6, 6.07) is 30.3. The Bertz CT molecular complexity index is 1500. The Kier molecular flexibility index (Phi) is 5.42. The van der Waals surface area contributed by atoms with Crippen LogP contribution in [0.25, 0.3) is 21.3 Å². The summed E-state index contributed by atoms with van der Waals surface area (Å²) in [4.78, 5) is 20.8. The van der Waals surface area contributed by atoms with Crippen molar-refractivity contribution in [1.82, 2.24) is 4.98 Å². The molecule has 0 aliphatic carbocycles. The number of anilines is 4. The quantitative estimate of drug-likeness (QED) is 0.342. The predicted molar refractivity (Wildman–Crippen MR) is 138 cm³/mol. The maximum absolute atomic E-state index is 14.0. The number of para-hydroxylation sites is 2. The monoisotopic (exact) mass is 461 g/mol. The zero-order valence-corrected chi connectivity index (χ0v) is 18.8. The fourth-order valence-electron chi connectivity index (χ4n) is 3.97. The maximum atomic E-state index is 14.0. The molecule has 0 aliphatic rings. The van der Waals surface area contributed by atoms with Crippen molar-refractivity contribution in [2.75, 3.05) is 16.4 Å². The van der Waals surface area contributed by atoms with Crippen LogP contribution in [0, 0.1) is 11.3 Å². The molecular weight excluding hydrogens is 442 g/mol. The van der Waals surface area contributed by atoms with Crippen LogP contribution in [-0.2, 0) is 0 Å². The van der Waals surface area contributed by atoms with Crippen LogP contribution >= 0.6 is 11.3 Å². The minimum atomic E-state index is -0.283. The topological polar surface area (TPSA) is 109 Å². The van der Waals surface area contributed by atoms with Crippen molar-refractivity contribution in [1.29, 1.82) is 5.26 Å². The fraction of sp³-hybridized carbons (Fsp3) is 0. The van der Waals surface area contributed by atoms with Crippen molar-refractivity contribution < 1.29 is 4.79 Å². The molecule has 1 amide bonds. The number of pyridine rings is 1. The summed E-state index contributed by atoms with van der Waals surface area (Å²) in [6.07, 6.45) is 0. The first-order chi connectivity index (χ1) is 16.6. The molecule has 0 fully saturated rings. The second-order valence-electron chi connectivity index (χ2n) is 7.56. The number of nitriles is 1. The molecule has 2 heterocycles. The second kappa shape index (κ2) is 8.70. The summed E-state index contributed by atoms with van der Waals surface area (Å²) < 4.78 is 0. The number of carbonyl (C=O) groups is 1. The van der Waals surface area contributed by atoms with E-state index in [9.17, 15) is 10.1 Å². The van der Waals surface area contributed by atoms with Crippen molar-refractivity contribution >= 4 is 50.3 Å². The third-order valence-corrected chi connectivity index (χ3v) is 6.59. The molecule has 0 saturated heterocycles. The van der Waals surface area contributed by atoms with Crippen LogP contribution in [0.5, 0.6) is 0 Å². The van der Waals surface area contributed by atoms with Gasteiger partial charge in [-0.3, -0.25) is 9.69 Å². The fourth-order valence-corrected chi connectivity index (χ4v) is 5.02. The highest BCUT2D eigenvalue weighted by Gasteiger charge is 2.28. The zero-order valence-electron chi connectivity index (χ0n) is 18.0. The molecule has 0 bridgehead atoms. The molecule has 5 rings (SSSR count). The second-order valence-corrected chi connectivity index (χ2v) is 8.56. The summed E-state index contributed by atoms with van der Waals surface area (Å²) in [6.45, 7) is 0. The Hall–Kier alpha value is -4.67. The number of hydrogen-bond acceptors (Lipinski definition) is 6. The summed E-state index contributed by atoms with van der Waals surface area (Å²) >= 11 is 1.18. The van der Waals surface area contributed by atoms with E-state index in [4.69, 9.17) is 11.5 Å². The van der Waals surface area contributed by atoms with Crippen molar-refractivity contribution in [3.05, 3.63) is 101 Å². The molecule has 5 aromatic rings. The van der Waals surface area contributed by atoms with E-state index in [0.29, 0.717) is 32.0 Å². The van der Waals surface area contributed by atoms with Crippen LogP contribution < -0.4 is 16.4 Å². The number of hydrogen-bond donors (Lipinski definition) is 2. The van der Waals surface area contributed by atoms with Gasteiger partial charge in [0.05, 0.1) is 5.69 Å². The average Bonchev–Trinajstić information content (AvgIpc) is 3.20. The van der Waals surface area contributed by atoms with E-state index in [2.05, 4.69) is 11.1 Å². The number of rotatable bonds is 4. The van der Waals surface area contributed by atoms with Crippen molar-refractivity contribution in [3.63, 3.8) is 0 Å². The number of carbonyl (C=O) groups excluding carboxylic acids is 1. The highest BCUT2D eigenvalue weighted by Crippen LogP contribution is 2.43. The Morgan fingerprint density at radius 1 is 0.853 bits per heavy atom. The van der Waals surface area contributed by atoms with Gasteiger partial charge < -0.3 is 11.5 Å². The van der Waals surface area contributed by atoms with E-state index < -0.39 is 0 Å². The number of amides is 1. The first-order valence-electron chi connectivity index (χ1n) is 10.5. The largest absolute Gasteiger partial charge is 0.397 e. The van der Waals surface area contributed by atoms with Gasteiger partial charge in [0.15, 0.2) is 0 Å². The molecular formula is C27H19N5OS. The van der Waals surface area contributed by atoms with Gasteiger partial charge in [-0.25, -0.2) is 4.98 Å². The maximum Gasteiger partial charge on any atom is 0.275 e. The minimum Gasteiger partial charge on any atom is -0.397 e. The van der Waals surface area contributed by atoms with E-state index in [-0.39, 0.29) is 23.0 Å². The van der Waals surface area contributed by atoms with E-state index >= 15 is 0 Å². The number of thiophene rings is 1. The third-order valence-electron chi connectivity index (χ3n) is 5.51. The third kappa shape index (κ3) is 3.52. The first kappa shape index (κ1) is 21.2. The van der Waals surface area contributed by atoms with Gasteiger partial charge in [-0.2, -0.15) is 5.26 Å². The lowest BCUT2D eigenvalue weighted by Crippen LogP contribution is -2.25. The molecule has 6 nitrogen and oxygen atoms in total. The van der Waals surface area contributed by atoms with E-state index in [1.54, 1.807) is 4.90 Å². The summed E-state index contributed by atoms with van der Waals surface area (Å²) in [5, 5.41) is 10.4. The van der Waals surface area contributed by atoms with Crippen molar-refractivity contribution in [3.8, 4) is 17.2 Å². The molecule has 4 N–H and O–H groups in total. The van der Waals surface area contributed by atoms with E-state index in [0.717, 1.165) is 5.56 Å². The van der Waals surface area contributed by atoms with Crippen LogP contribution in [0.4, 0.5) is 22.9 Å². The van der Waals surface area contributed by atoms with Gasteiger partial charge in [-0.15, -0.1) is 11.3 Å². The highest BCUT2D eigenvalue weighted by molar-refractivity contribution is 7.21. The van der Waals surface area contributed by atoms with Gasteiger partial charge >= 0.3 is 0 Å². The van der Waals surface area contributed by atoms with Gasteiger partial charge in [0, 0.05) is 22.3 Å². The number of nitrogen functional groups attached to an aromatic ring is 2. The smallest absolute Gasteiger partial charge is 0.275 e. The Morgan fingerprint density at radius 2 is 1.38 bits per heavy atom. The van der Waals surface area contributed by atoms with Crippen LogP contribution in [0.15, 0.2) is 91.0 Å². The molecule has 0 unspecified atom stereocenters. The SMILES string of the molecule is N#Cc1c(N)nc2sc(C(=O)N(c3ccccc3)c3ccccc3)c(N)c2c1-c1ccccc1. The molecule has 7 heteroatoms. The summed E-state index contributed by atoms with van der Waals surface area (Å²) in [7, 11) is 0. The standard InChI is InChI=1S/C27H19N5OS/c28-16-20-21(17-10-4-1-5-11-17)22-23(29)24(34-26(22)31-25(20)30)27(33)32(18-12-6-2-7-13-18)19-14-8-3-9-15-19/h1-15H,29H2,(H2,30,31). The number of fused-ring (bicyclic) bond motifs is 1. The number of benzene rings is 3. The molecule has 0 atom stereocenters. The van der Waals surface area contributed by atoms with Crippen molar-refractivity contribution in [2.45, 2.75) is 0 Å². The lowest BCUT2D eigenvalue weighted by Gasteiger charge is -2.22. The first-order valence-corrected chi connectivity index (χ1v) is 11.3. The molecule has 164 valence electrons. The zero-order chi connectivity index (χ0) is 23.7. The minimum absolute atomic E-state index is 0.108. The lowest BCUT2D eigenvalue weighted by atomic mass is 9.97. The van der Waals surface area contributed by atoms with Gasteiger partial charge in [0.25, 0.3) is 5.91 Å².